The molecule has 0 aliphatic carbocycles. The number of sulfonamides is 1. The van der Waals surface area contributed by atoms with E-state index in [0.29, 0.717) is 12.8 Å². The fourth-order valence-electron chi connectivity index (χ4n) is 3.50. The van der Waals surface area contributed by atoms with Crippen molar-refractivity contribution < 1.29 is 18.3 Å². The van der Waals surface area contributed by atoms with Gasteiger partial charge in [0.1, 0.15) is 4.90 Å². The first-order valence-electron chi connectivity index (χ1n) is 6.85. The molecule has 114 valence electrons. The van der Waals surface area contributed by atoms with Gasteiger partial charge in [0, 0.05) is 12.1 Å². The molecule has 0 saturated carbocycles. The van der Waals surface area contributed by atoms with Crippen molar-refractivity contribution in [2.75, 3.05) is 0 Å². The minimum absolute atomic E-state index is 0.0760. The molecule has 2 aliphatic heterocycles. The Hall–Kier alpha value is -1.11. The molecular formula is C14H16ClNO4S. The van der Waals surface area contributed by atoms with Crippen molar-refractivity contribution in [3.05, 3.63) is 28.8 Å². The van der Waals surface area contributed by atoms with Crippen LogP contribution in [0.25, 0.3) is 0 Å². The molecule has 1 N–H and O–H groups in total. The summed E-state index contributed by atoms with van der Waals surface area (Å²) in [6.45, 7) is 1.80. The topological polar surface area (TPSA) is 74.7 Å². The highest BCUT2D eigenvalue weighted by Crippen LogP contribution is 2.45. The van der Waals surface area contributed by atoms with Gasteiger partial charge in [0.15, 0.2) is 0 Å². The van der Waals surface area contributed by atoms with Crippen LogP contribution in [0.2, 0.25) is 5.02 Å². The number of aliphatic carboxylic acids is 1. The Morgan fingerprint density at radius 1 is 1.38 bits per heavy atom. The van der Waals surface area contributed by atoms with Crippen LogP contribution < -0.4 is 0 Å². The molecule has 5 nitrogen and oxygen atoms in total. The fourth-order valence-corrected chi connectivity index (χ4v) is 5.98. The lowest BCUT2D eigenvalue weighted by molar-refractivity contribution is -0.142. The summed E-state index contributed by atoms with van der Waals surface area (Å²) in [7, 11) is -3.76. The number of hydrogen-bond acceptors (Lipinski definition) is 3. The van der Waals surface area contributed by atoms with Gasteiger partial charge in [0.2, 0.25) is 10.0 Å². The minimum atomic E-state index is -3.76. The number of hydrogen-bond donors (Lipinski definition) is 1. The first kappa shape index (κ1) is 14.8. The molecule has 1 aromatic carbocycles. The molecule has 3 atom stereocenters. The van der Waals surface area contributed by atoms with E-state index in [4.69, 9.17) is 11.6 Å². The van der Waals surface area contributed by atoms with Crippen LogP contribution in [0.1, 0.15) is 24.8 Å². The SMILES string of the molecule is Cc1ccc(Cl)c(S(=O)(=O)N2C3CCC2C(C(=O)O)C3)c1. The van der Waals surface area contributed by atoms with Crippen LogP contribution >= 0.6 is 11.6 Å². The van der Waals surface area contributed by atoms with Gasteiger partial charge in [-0.3, -0.25) is 4.79 Å². The Balaban J connectivity index is 2.04. The molecule has 0 aromatic heterocycles. The van der Waals surface area contributed by atoms with Crippen LogP contribution in [0.3, 0.4) is 0 Å². The molecule has 2 fully saturated rings. The Bertz CT molecular complexity index is 703. The molecule has 2 heterocycles. The lowest BCUT2D eigenvalue weighted by Gasteiger charge is -2.23. The lowest BCUT2D eigenvalue weighted by Crippen LogP contribution is -2.38. The molecule has 3 unspecified atom stereocenters. The number of carbonyl (C=O) groups is 1. The molecule has 0 radical (unpaired) electrons. The van der Waals surface area contributed by atoms with Crippen molar-refractivity contribution in [2.45, 2.75) is 43.2 Å². The molecular weight excluding hydrogens is 314 g/mol. The molecule has 21 heavy (non-hydrogen) atoms. The number of carboxylic acids is 1. The second-order valence-electron chi connectivity index (χ2n) is 5.75. The van der Waals surface area contributed by atoms with Gasteiger partial charge in [-0.1, -0.05) is 17.7 Å². The summed E-state index contributed by atoms with van der Waals surface area (Å²) in [5.41, 5.74) is 0.805. The Morgan fingerprint density at radius 3 is 2.71 bits per heavy atom. The molecule has 0 amide bonds. The van der Waals surface area contributed by atoms with Crippen molar-refractivity contribution in [3.8, 4) is 0 Å². The van der Waals surface area contributed by atoms with Crippen LogP contribution in [0, 0.1) is 12.8 Å². The van der Waals surface area contributed by atoms with Gasteiger partial charge < -0.3 is 5.11 Å². The monoisotopic (exact) mass is 329 g/mol. The maximum Gasteiger partial charge on any atom is 0.308 e. The van der Waals surface area contributed by atoms with E-state index in [2.05, 4.69) is 0 Å². The zero-order chi connectivity index (χ0) is 15.4. The Labute approximate surface area is 128 Å². The van der Waals surface area contributed by atoms with Crippen molar-refractivity contribution in [2.24, 2.45) is 5.92 Å². The number of carboxylic acid groups (broad SMARTS) is 1. The van der Waals surface area contributed by atoms with Gasteiger partial charge in [-0.15, -0.1) is 0 Å². The van der Waals surface area contributed by atoms with Crippen molar-refractivity contribution in [3.63, 3.8) is 0 Å². The molecule has 7 heteroatoms. The average Bonchev–Trinajstić information content (AvgIpc) is 2.99. The summed E-state index contributed by atoms with van der Waals surface area (Å²) in [6, 6.07) is 4.19. The van der Waals surface area contributed by atoms with E-state index in [9.17, 15) is 18.3 Å². The number of aryl methyl sites for hydroxylation is 1. The van der Waals surface area contributed by atoms with E-state index < -0.39 is 28.0 Å². The van der Waals surface area contributed by atoms with Crippen LogP contribution in [0.15, 0.2) is 23.1 Å². The first-order chi connectivity index (χ1) is 9.82. The van der Waals surface area contributed by atoms with Gasteiger partial charge in [-0.05, 0) is 43.9 Å². The smallest absolute Gasteiger partial charge is 0.308 e. The third-order valence-corrected chi connectivity index (χ3v) is 6.89. The van der Waals surface area contributed by atoms with E-state index in [-0.39, 0.29) is 16.0 Å². The largest absolute Gasteiger partial charge is 0.481 e. The summed E-state index contributed by atoms with van der Waals surface area (Å²) in [6.07, 6.45) is 1.71. The number of nitrogens with zero attached hydrogens (tertiary/aromatic N) is 1. The van der Waals surface area contributed by atoms with Crippen LogP contribution in [0.5, 0.6) is 0 Å². The van der Waals surface area contributed by atoms with E-state index in [0.717, 1.165) is 12.0 Å². The van der Waals surface area contributed by atoms with E-state index >= 15 is 0 Å². The number of rotatable bonds is 3. The first-order valence-corrected chi connectivity index (χ1v) is 8.66. The number of fused-ring (bicyclic) bond motifs is 2. The molecule has 3 rings (SSSR count). The average molecular weight is 330 g/mol. The Morgan fingerprint density at radius 2 is 2.10 bits per heavy atom. The predicted octanol–water partition coefficient (Wildman–Crippen LogP) is 2.27. The molecule has 2 saturated heterocycles. The Kier molecular flexibility index (Phi) is 3.50. The molecule has 2 aliphatic rings. The zero-order valence-corrected chi connectivity index (χ0v) is 13.1. The number of benzene rings is 1. The van der Waals surface area contributed by atoms with Gasteiger partial charge in [0.05, 0.1) is 10.9 Å². The minimum Gasteiger partial charge on any atom is -0.481 e. The van der Waals surface area contributed by atoms with Crippen LogP contribution in [-0.4, -0.2) is 35.9 Å². The summed E-state index contributed by atoms with van der Waals surface area (Å²) >= 11 is 6.05. The van der Waals surface area contributed by atoms with E-state index in [1.165, 1.54) is 4.31 Å². The maximum absolute atomic E-state index is 12.9. The van der Waals surface area contributed by atoms with Gasteiger partial charge >= 0.3 is 5.97 Å². The molecule has 0 spiro atoms. The fraction of sp³-hybridized carbons (Fsp3) is 0.500. The highest BCUT2D eigenvalue weighted by molar-refractivity contribution is 7.89. The summed E-state index contributed by atoms with van der Waals surface area (Å²) in [5.74, 6) is -1.53. The third kappa shape index (κ3) is 2.25. The maximum atomic E-state index is 12.9. The standard InChI is InChI=1S/C14H16ClNO4S/c1-8-2-4-11(15)13(6-8)21(19,20)16-9-3-5-12(16)10(7-9)14(17)18/h2,4,6,9-10,12H,3,5,7H2,1H3,(H,17,18). The van der Waals surface area contributed by atoms with E-state index in [1.807, 2.05) is 0 Å². The van der Waals surface area contributed by atoms with Gasteiger partial charge in [-0.25, -0.2) is 8.42 Å². The zero-order valence-electron chi connectivity index (χ0n) is 11.5. The predicted molar refractivity (Wildman–Crippen MR) is 77.8 cm³/mol. The summed E-state index contributed by atoms with van der Waals surface area (Å²) in [5, 5.41) is 9.42. The highest BCUT2D eigenvalue weighted by atomic mass is 35.5. The van der Waals surface area contributed by atoms with Crippen molar-refractivity contribution in [1.82, 2.24) is 4.31 Å². The normalized spacial score (nSPS) is 29.0. The van der Waals surface area contributed by atoms with Gasteiger partial charge in [-0.2, -0.15) is 4.31 Å². The summed E-state index contributed by atoms with van der Waals surface area (Å²) in [4.78, 5) is 11.3. The quantitative estimate of drug-likeness (QED) is 0.923. The second kappa shape index (κ2) is 4.97. The van der Waals surface area contributed by atoms with Gasteiger partial charge in [0.25, 0.3) is 0 Å². The van der Waals surface area contributed by atoms with E-state index in [1.54, 1.807) is 25.1 Å². The van der Waals surface area contributed by atoms with Crippen LogP contribution in [-0.2, 0) is 14.8 Å². The highest BCUT2D eigenvalue weighted by Gasteiger charge is 2.54. The summed E-state index contributed by atoms with van der Waals surface area (Å²) < 4.78 is 27.2. The lowest BCUT2D eigenvalue weighted by atomic mass is 9.89. The second-order valence-corrected chi connectivity index (χ2v) is 7.97. The number of halogens is 1. The van der Waals surface area contributed by atoms with Crippen molar-refractivity contribution >= 4 is 27.6 Å². The third-order valence-electron chi connectivity index (χ3n) is 4.43. The van der Waals surface area contributed by atoms with Crippen LogP contribution in [0.4, 0.5) is 0 Å². The molecule has 1 aromatic rings. The molecule has 2 bridgehead atoms. The van der Waals surface area contributed by atoms with Crippen molar-refractivity contribution in [1.29, 1.82) is 0 Å².